The standard InChI is InChI=1S/C18H17ClF4N8O/c19-9-3-10-11(7-31(24)15(10)27-4-9)14-26-5-12(20)16(29-14)30-2-1-25-6-13(30)17(32)28-8-18(21,22)23/h3-5,7,13,25H,1-2,6,8,24H2,(H,28,32)/t13-/m1/s1. The van der Waals surface area contributed by atoms with E-state index in [1.807, 2.05) is 5.32 Å². The van der Waals surface area contributed by atoms with Gasteiger partial charge in [0, 0.05) is 43.0 Å². The van der Waals surface area contributed by atoms with Gasteiger partial charge >= 0.3 is 6.18 Å². The van der Waals surface area contributed by atoms with Gasteiger partial charge in [0.2, 0.25) is 5.91 Å². The Balaban J connectivity index is 1.70. The van der Waals surface area contributed by atoms with Gasteiger partial charge in [-0.3, -0.25) is 9.47 Å². The minimum absolute atomic E-state index is 0.0180. The van der Waals surface area contributed by atoms with Crippen molar-refractivity contribution in [3.05, 3.63) is 35.5 Å². The van der Waals surface area contributed by atoms with Crippen LogP contribution in [0.25, 0.3) is 22.4 Å². The summed E-state index contributed by atoms with van der Waals surface area (Å²) >= 11 is 6.03. The number of nitrogens with zero attached hydrogens (tertiary/aromatic N) is 5. The molecule has 32 heavy (non-hydrogen) atoms. The summed E-state index contributed by atoms with van der Waals surface area (Å²) in [6.45, 7) is -0.950. The molecule has 1 atom stereocenters. The third-order valence-corrected chi connectivity index (χ3v) is 5.09. The predicted octanol–water partition coefficient (Wildman–Crippen LogP) is 1.46. The number of pyridine rings is 1. The summed E-state index contributed by atoms with van der Waals surface area (Å²) in [5.74, 6) is 4.08. The Kier molecular flexibility index (Phi) is 5.77. The lowest BCUT2D eigenvalue weighted by atomic mass is 10.1. The Hall–Kier alpha value is -3.19. The molecule has 1 fully saturated rings. The highest BCUT2D eigenvalue weighted by molar-refractivity contribution is 6.31. The van der Waals surface area contributed by atoms with E-state index < -0.39 is 30.5 Å². The monoisotopic (exact) mass is 472 g/mol. The number of nitrogens with two attached hydrogens (primary N) is 1. The first-order valence-electron chi connectivity index (χ1n) is 9.40. The number of nitrogen functional groups attached to an aromatic ring is 1. The van der Waals surface area contributed by atoms with Gasteiger partial charge in [0.25, 0.3) is 0 Å². The second kappa shape index (κ2) is 8.39. The summed E-state index contributed by atoms with van der Waals surface area (Å²) in [5, 5.41) is 5.63. The molecule has 0 unspecified atom stereocenters. The molecule has 0 aromatic carbocycles. The van der Waals surface area contributed by atoms with Crippen LogP contribution in [0.1, 0.15) is 0 Å². The first-order valence-corrected chi connectivity index (χ1v) is 9.78. The minimum Gasteiger partial charge on any atom is -0.345 e. The molecular formula is C18H17ClF4N8O. The summed E-state index contributed by atoms with van der Waals surface area (Å²) in [6.07, 6.45) is -0.723. The predicted molar refractivity (Wildman–Crippen MR) is 109 cm³/mol. The Morgan fingerprint density at radius 2 is 2.12 bits per heavy atom. The van der Waals surface area contributed by atoms with Gasteiger partial charge in [-0.05, 0) is 6.07 Å². The number of anilines is 1. The van der Waals surface area contributed by atoms with E-state index in [-0.39, 0.29) is 24.7 Å². The van der Waals surface area contributed by atoms with Crippen LogP contribution in [-0.2, 0) is 4.79 Å². The van der Waals surface area contributed by atoms with E-state index >= 15 is 0 Å². The molecule has 1 amide bonds. The van der Waals surface area contributed by atoms with Crippen molar-refractivity contribution < 1.29 is 22.4 Å². The second-order valence-corrected chi connectivity index (χ2v) is 7.52. The van der Waals surface area contributed by atoms with Crippen LogP contribution in [0.3, 0.4) is 0 Å². The normalized spacial score (nSPS) is 17.0. The van der Waals surface area contributed by atoms with Gasteiger partial charge < -0.3 is 21.4 Å². The van der Waals surface area contributed by atoms with Gasteiger partial charge in [-0.1, -0.05) is 11.6 Å². The molecule has 0 radical (unpaired) electrons. The number of carbonyl (C=O) groups is 1. The highest BCUT2D eigenvalue weighted by Crippen LogP contribution is 2.30. The third-order valence-electron chi connectivity index (χ3n) is 4.88. The van der Waals surface area contributed by atoms with E-state index in [4.69, 9.17) is 17.4 Å². The van der Waals surface area contributed by atoms with Crippen LogP contribution in [-0.4, -0.2) is 63.9 Å². The maximum atomic E-state index is 14.7. The van der Waals surface area contributed by atoms with Gasteiger partial charge in [0.05, 0.1) is 11.2 Å². The van der Waals surface area contributed by atoms with Crippen molar-refractivity contribution in [2.45, 2.75) is 12.2 Å². The molecule has 1 aliphatic heterocycles. The zero-order valence-corrected chi connectivity index (χ0v) is 17.1. The van der Waals surface area contributed by atoms with Crippen molar-refractivity contribution in [2.75, 3.05) is 36.9 Å². The van der Waals surface area contributed by atoms with Crippen molar-refractivity contribution in [1.29, 1.82) is 0 Å². The van der Waals surface area contributed by atoms with Crippen molar-refractivity contribution >= 4 is 34.4 Å². The number of carbonyl (C=O) groups excluding carboxylic acids is 1. The van der Waals surface area contributed by atoms with Crippen LogP contribution in [0.5, 0.6) is 0 Å². The quantitative estimate of drug-likeness (QED) is 0.389. The van der Waals surface area contributed by atoms with Gasteiger partial charge in [-0.25, -0.2) is 19.3 Å². The van der Waals surface area contributed by atoms with Crippen LogP contribution in [0.15, 0.2) is 24.7 Å². The number of fused-ring (bicyclic) bond motifs is 1. The van der Waals surface area contributed by atoms with Gasteiger partial charge in [-0.2, -0.15) is 13.2 Å². The number of rotatable bonds is 4. The Morgan fingerprint density at radius 1 is 1.34 bits per heavy atom. The van der Waals surface area contributed by atoms with E-state index in [1.54, 1.807) is 6.07 Å². The van der Waals surface area contributed by atoms with Gasteiger partial charge in [0.1, 0.15) is 12.6 Å². The first-order chi connectivity index (χ1) is 15.1. The average molecular weight is 473 g/mol. The van der Waals surface area contributed by atoms with Crippen LogP contribution in [0, 0.1) is 5.82 Å². The molecule has 0 saturated carbocycles. The molecule has 4 heterocycles. The summed E-state index contributed by atoms with van der Waals surface area (Å²) in [7, 11) is 0. The molecule has 4 N–H and O–H groups in total. The maximum absolute atomic E-state index is 14.7. The van der Waals surface area contributed by atoms with Gasteiger partial charge in [0.15, 0.2) is 23.1 Å². The fourth-order valence-electron chi connectivity index (χ4n) is 3.47. The van der Waals surface area contributed by atoms with Crippen molar-refractivity contribution in [3.63, 3.8) is 0 Å². The maximum Gasteiger partial charge on any atom is 0.405 e. The number of piperazine rings is 1. The van der Waals surface area contributed by atoms with E-state index in [9.17, 15) is 22.4 Å². The largest absolute Gasteiger partial charge is 0.405 e. The first kappa shape index (κ1) is 22.0. The molecule has 0 bridgehead atoms. The van der Waals surface area contributed by atoms with Crippen molar-refractivity contribution in [2.24, 2.45) is 0 Å². The van der Waals surface area contributed by atoms with Crippen molar-refractivity contribution in [3.8, 4) is 11.4 Å². The van der Waals surface area contributed by atoms with E-state index in [0.29, 0.717) is 28.2 Å². The van der Waals surface area contributed by atoms with E-state index in [1.165, 1.54) is 22.0 Å². The number of hydrogen-bond donors (Lipinski definition) is 3. The summed E-state index contributed by atoms with van der Waals surface area (Å²) in [4.78, 5) is 26.2. The second-order valence-electron chi connectivity index (χ2n) is 7.09. The smallest absolute Gasteiger partial charge is 0.345 e. The molecule has 0 aliphatic carbocycles. The summed E-state index contributed by atoms with van der Waals surface area (Å²) < 4.78 is 53.5. The topological polar surface area (TPSA) is 114 Å². The molecule has 170 valence electrons. The molecule has 1 aliphatic rings. The van der Waals surface area contributed by atoms with Gasteiger partial charge in [-0.15, -0.1) is 0 Å². The summed E-state index contributed by atoms with van der Waals surface area (Å²) in [5.41, 5.74) is 0.817. The molecule has 3 aromatic rings. The molecule has 14 heteroatoms. The SMILES string of the molecule is Nn1cc(-c2ncc(F)c(N3CCNC[C@@H]3C(=O)NCC(F)(F)F)n2)c2cc(Cl)cnc21. The lowest BCUT2D eigenvalue weighted by molar-refractivity contribution is -0.139. The van der Waals surface area contributed by atoms with Crippen LogP contribution in [0.4, 0.5) is 23.4 Å². The van der Waals surface area contributed by atoms with Crippen LogP contribution >= 0.6 is 11.6 Å². The lowest BCUT2D eigenvalue weighted by Crippen LogP contribution is -2.59. The van der Waals surface area contributed by atoms with Crippen LogP contribution < -0.4 is 21.4 Å². The zero-order chi connectivity index (χ0) is 23.0. The number of nitrogens with one attached hydrogen (secondary N) is 2. The molecule has 0 spiro atoms. The lowest BCUT2D eigenvalue weighted by Gasteiger charge is -2.36. The minimum atomic E-state index is -4.57. The molecule has 1 saturated heterocycles. The summed E-state index contributed by atoms with van der Waals surface area (Å²) in [6, 6.07) is 0.503. The third kappa shape index (κ3) is 4.39. The Labute approximate surface area is 183 Å². The Morgan fingerprint density at radius 3 is 2.88 bits per heavy atom. The molecule has 3 aromatic heterocycles. The number of amides is 1. The van der Waals surface area contributed by atoms with Crippen molar-refractivity contribution in [1.82, 2.24) is 30.3 Å². The number of halogens is 5. The van der Waals surface area contributed by atoms with E-state index in [0.717, 1.165) is 6.20 Å². The highest BCUT2D eigenvalue weighted by Gasteiger charge is 2.35. The number of hydrogen-bond acceptors (Lipinski definition) is 7. The molecular weight excluding hydrogens is 456 g/mol. The number of alkyl halides is 3. The number of aromatic nitrogens is 4. The Bertz CT molecular complexity index is 1170. The highest BCUT2D eigenvalue weighted by atomic mass is 35.5. The molecule has 9 nitrogen and oxygen atoms in total. The fourth-order valence-corrected chi connectivity index (χ4v) is 3.63. The fraction of sp³-hybridized carbons (Fsp3) is 0.333. The molecule has 4 rings (SSSR count). The average Bonchev–Trinajstić information content (AvgIpc) is 3.07. The van der Waals surface area contributed by atoms with Crippen LogP contribution in [0.2, 0.25) is 5.02 Å². The van der Waals surface area contributed by atoms with E-state index in [2.05, 4.69) is 20.3 Å². The zero-order valence-electron chi connectivity index (χ0n) is 16.3.